The third-order valence-electron chi connectivity index (χ3n) is 15.5. The van der Waals surface area contributed by atoms with Crippen LogP contribution in [0.4, 0.5) is 34.4 Å². The predicted octanol–water partition coefficient (Wildman–Crippen LogP) is 7.82. The van der Waals surface area contributed by atoms with Crippen LogP contribution in [-0.2, 0) is 16.0 Å². The first-order valence-electron chi connectivity index (χ1n) is 28.1. The Balaban J connectivity index is 0.000000156. The number of likely N-dealkylation sites (tertiary alicyclic amines) is 2. The number of piperidine rings is 2. The number of amides is 1. The van der Waals surface area contributed by atoms with E-state index < -0.39 is 0 Å². The van der Waals surface area contributed by atoms with Crippen LogP contribution in [0.25, 0.3) is 33.8 Å². The molecule has 4 aliphatic rings. The van der Waals surface area contributed by atoms with E-state index in [1.54, 1.807) is 0 Å². The average molecular weight is 1110 g/mol. The molecule has 424 valence electrons. The monoisotopic (exact) mass is 1110 g/mol. The summed E-state index contributed by atoms with van der Waals surface area (Å²) in [4.78, 5) is 36.3. The summed E-state index contributed by atoms with van der Waals surface area (Å²) in [6.45, 7) is 11.2. The van der Waals surface area contributed by atoms with E-state index >= 15 is 0 Å². The van der Waals surface area contributed by atoms with Crippen molar-refractivity contribution in [2.45, 2.75) is 44.3 Å². The van der Waals surface area contributed by atoms with Gasteiger partial charge in [-0.05, 0) is 194 Å². The molecule has 4 aromatic carbocycles. The van der Waals surface area contributed by atoms with Crippen LogP contribution >= 0.6 is 12.2 Å². The van der Waals surface area contributed by atoms with Crippen molar-refractivity contribution in [3.63, 3.8) is 0 Å². The summed E-state index contributed by atoms with van der Waals surface area (Å²) in [6, 6.07) is 40.6. The standard InChI is InChI=1S/C31H36N8O2S.C16H17N5O.C14H23N3/c1-36(2)26-13-16-38(17-14-26)30(40)23-7-11-25(12-8-23)33-31(42)32-24-9-5-22(6-10-24)28-34-29(37-18-20-41-21-19-37)27-4-3-15-39(27)35-28;17-13-5-3-12(4-6-13)15-18-16(20-8-10-22-11-9-20)14-2-1-7-21(14)19-15;1-16(2)14-7-9-17(10-8-14)11-12-3-5-13(15)6-4-12/h3-12,15,26H,13-14,16-21H2,1-2H3,(H2,32,33,42);1-7H,8-11,17H2;3-6,14H,7-11,15H2,1-2H3. The molecule has 20 heteroatoms. The summed E-state index contributed by atoms with van der Waals surface area (Å²) >= 11 is 5.55. The molecule has 1 amide bonds. The Morgan fingerprint density at radius 3 is 1.44 bits per heavy atom. The van der Waals surface area contributed by atoms with Crippen molar-refractivity contribution in [3.8, 4) is 22.8 Å². The van der Waals surface area contributed by atoms with Crippen molar-refractivity contribution >= 4 is 68.7 Å². The second-order valence-electron chi connectivity index (χ2n) is 21.4. The van der Waals surface area contributed by atoms with E-state index in [1.807, 2.05) is 136 Å². The molecule has 4 aliphatic heterocycles. The van der Waals surface area contributed by atoms with E-state index in [1.165, 1.54) is 31.5 Å². The molecule has 0 radical (unpaired) electrons. The summed E-state index contributed by atoms with van der Waals surface area (Å²) in [5.74, 6) is 3.31. The molecule has 6 N–H and O–H groups in total. The molecule has 0 saturated carbocycles. The maximum Gasteiger partial charge on any atom is 0.253 e. The molecule has 0 aliphatic carbocycles. The van der Waals surface area contributed by atoms with E-state index in [0.717, 1.165) is 134 Å². The van der Waals surface area contributed by atoms with Crippen LogP contribution in [-0.4, -0.2) is 179 Å². The number of rotatable bonds is 11. The van der Waals surface area contributed by atoms with Crippen molar-refractivity contribution in [1.82, 2.24) is 48.8 Å². The molecule has 0 unspecified atom stereocenters. The molecular weight excluding hydrogens is 1040 g/mol. The van der Waals surface area contributed by atoms with E-state index in [2.05, 4.69) is 80.6 Å². The number of nitrogen functional groups attached to an aromatic ring is 2. The second-order valence-corrected chi connectivity index (χ2v) is 21.9. The Hall–Kier alpha value is -7.72. The minimum atomic E-state index is 0.0801. The molecule has 4 aromatic heterocycles. The molecule has 0 atom stereocenters. The van der Waals surface area contributed by atoms with Gasteiger partial charge in [-0.15, -0.1) is 10.2 Å². The number of thiocarbonyl (C=S) groups is 1. The van der Waals surface area contributed by atoms with Crippen LogP contribution in [0.5, 0.6) is 0 Å². The normalized spacial score (nSPS) is 16.5. The van der Waals surface area contributed by atoms with Crippen LogP contribution in [0.2, 0.25) is 0 Å². The number of ether oxygens (including phenoxy) is 2. The first-order chi connectivity index (χ1) is 39.4. The zero-order valence-electron chi connectivity index (χ0n) is 47.0. The third-order valence-corrected chi connectivity index (χ3v) is 15.7. The summed E-state index contributed by atoms with van der Waals surface area (Å²) in [7, 11) is 8.57. The fourth-order valence-corrected chi connectivity index (χ4v) is 10.9. The lowest BCUT2D eigenvalue weighted by Gasteiger charge is -2.35. The van der Waals surface area contributed by atoms with Gasteiger partial charge in [0, 0.05) is 110 Å². The molecule has 19 nitrogen and oxygen atoms in total. The minimum Gasteiger partial charge on any atom is -0.399 e. The molecule has 0 bridgehead atoms. The Kier molecular flexibility index (Phi) is 18.6. The smallest absolute Gasteiger partial charge is 0.253 e. The number of aromatic nitrogens is 6. The number of hydrogen-bond acceptors (Lipinski definition) is 15. The molecule has 81 heavy (non-hydrogen) atoms. The van der Waals surface area contributed by atoms with Crippen molar-refractivity contribution in [3.05, 3.63) is 145 Å². The second kappa shape index (κ2) is 26.7. The molecular formula is C61H76N16O3S. The van der Waals surface area contributed by atoms with Gasteiger partial charge in [0.25, 0.3) is 5.91 Å². The highest BCUT2D eigenvalue weighted by molar-refractivity contribution is 7.80. The lowest BCUT2D eigenvalue weighted by Crippen LogP contribution is -2.44. The SMILES string of the molecule is CN(C)C1CCN(C(=O)c2ccc(NC(=S)Nc3ccc(-c4nc(N5CCOCC5)c5cccn5n4)cc3)cc2)CC1.CN(C)C1CCN(Cc2ccc(N)cc2)CC1.Nc1ccc(-c2nc(N3CCOCC3)c3cccn3n2)cc1. The zero-order chi connectivity index (χ0) is 56.2. The quantitative estimate of drug-likeness (QED) is 0.0724. The van der Waals surface area contributed by atoms with Gasteiger partial charge in [0.2, 0.25) is 0 Å². The maximum atomic E-state index is 13.0. The largest absolute Gasteiger partial charge is 0.399 e. The number of hydrogen-bond donors (Lipinski definition) is 4. The lowest BCUT2D eigenvalue weighted by atomic mass is 10.0. The van der Waals surface area contributed by atoms with E-state index in [4.69, 9.17) is 48.2 Å². The van der Waals surface area contributed by atoms with Crippen molar-refractivity contribution < 1.29 is 14.3 Å². The van der Waals surface area contributed by atoms with Crippen LogP contribution in [0.3, 0.4) is 0 Å². The van der Waals surface area contributed by atoms with Gasteiger partial charge >= 0.3 is 0 Å². The maximum absolute atomic E-state index is 13.0. The van der Waals surface area contributed by atoms with E-state index in [9.17, 15) is 4.79 Å². The highest BCUT2D eigenvalue weighted by Crippen LogP contribution is 2.28. The first-order valence-corrected chi connectivity index (χ1v) is 28.5. The molecule has 4 fully saturated rings. The summed E-state index contributed by atoms with van der Waals surface area (Å²) in [5.41, 5.74) is 20.6. The lowest BCUT2D eigenvalue weighted by molar-refractivity contribution is 0.0663. The van der Waals surface area contributed by atoms with Crippen molar-refractivity contribution in [2.24, 2.45) is 0 Å². The highest BCUT2D eigenvalue weighted by Gasteiger charge is 2.26. The average Bonchev–Trinajstić information content (AvgIpc) is 4.21. The fraction of sp³-hybridized carbons (Fsp3) is 0.377. The van der Waals surface area contributed by atoms with Gasteiger partial charge in [0.05, 0.1) is 26.4 Å². The van der Waals surface area contributed by atoms with Gasteiger partial charge in [-0.1, -0.05) is 12.1 Å². The summed E-state index contributed by atoms with van der Waals surface area (Å²) in [6.07, 6.45) is 8.46. The predicted molar refractivity (Wildman–Crippen MR) is 329 cm³/mol. The van der Waals surface area contributed by atoms with Gasteiger partial charge in [0.15, 0.2) is 28.4 Å². The summed E-state index contributed by atoms with van der Waals surface area (Å²) in [5, 5.41) is 16.2. The Morgan fingerprint density at radius 2 is 0.988 bits per heavy atom. The number of nitrogens with zero attached hydrogens (tertiary/aromatic N) is 12. The molecule has 8 aromatic rings. The van der Waals surface area contributed by atoms with Crippen molar-refractivity contribution in [1.29, 1.82) is 0 Å². The number of nitrogens with one attached hydrogen (secondary N) is 2. The number of fused-ring (bicyclic) bond motifs is 2. The van der Waals surface area contributed by atoms with Gasteiger partial charge in [-0.2, -0.15) is 0 Å². The van der Waals surface area contributed by atoms with Crippen molar-refractivity contribution in [2.75, 3.05) is 139 Å². The van der Waals surface area contributed by atoms with Gasteiger partial charge in [0.1, 0.15) is 11.0 Å². The first kappa shape index (κ1) is 56.6. The number of carbonyl (C=O) groups excluding carboxylic acids is 1. The minimum absolute atomic E-state index is 0.0801. The molecule has 8 heterocycles. The zero-order valence-corrected chi connectivity index (χ0v) is 47.8. The molecule has 4 saturated heterocycles. The van der Waals surface area contributed by atoms with Gasteiger partial charge in [-0.25, -0.2) is 19.0 Å². The fourth-order valence-electron chi connectivity index (χ4n) is 10.7. The number of anilines is 6. The number of morpholine rings is 2. The van der Waals surface area contributed by atoms with E-state index in [0.29, 0.717) is 41.6 Å². The Bertz CT molecular complexity index is 3310. The number of carbonyl (C=O) groups is 1. The highest BCUT2D eigenvalue weighted by atomic mass is 32.1. The van der Waals surface area contributed by atoms with Crippen LogP contribution in [0, 0.1) is 0 Å². The van der Waals surface area contributed by atoms with Gasteiger partial charge < -0.3 is 56.1 Å². The molecule has 0 spiro atoms. The molecule has 12 rings (SSSR count). The van der Waals surface area contributed by atoms with Crippen LogP contribution in [0.1, 0.15) is 41.6 Å². The summed E-state index contributed by atoms with van der Waals surface area (Å²) < 4.78 is 14.7. The topological polar surface area (TPSA) is 191 Å². The van der Waals surface area contributed by atoms with Crippen LogP contribution < -0.4 is 31.9 Å². The Labute approximate surface area is 480 Å². The van der Waals surface area contributed by atoms with Gasteiger partial charge in [-0.3, -0.25) is 9.69 Å². The number of benzene rings is 4. The third kappa shape index (κ3) is 14.6. The van der Waals surface area contributed by atoms with E-state index in [-0.39, 0.29) is 5.91 Å². The Morgan fingerprint density at radius 1 is 0.568 bits per heavy atom. The van der Waals surface area contributed by atoms with Crippen LogP contribution in [0.15, 0.2) is 134 Å². The number of nitrogens with two attached hydrogens (primary N) is 2.